The summed E-state index contributed by atoms with van der Waals surface area (Å²) < 4.78 is 0. The number of likely N-dealkylation sites (N-methyl/N-ethyl adjacent to an activating group) is 1. The molecular weight excluding hydrogens is 178 g/mol. The summed E-state index contributed by atoms with van der Waals surface area (Å²) in [6.07, 6.45) is 2.15. The number of carbonyl (C=O) groups is 1. The zero-order chi connectivity index (χ0) is 10.1. The lowest BCUT2D eigenvalue weighted by Gasteiger charge is -2.22. The van der Waals surface area contributed by atoms with E-state index in [-0.39, 0.29) is 6.04 Å². The SMILES string of the molecule is CN1CCC(N2CCC(CN)C2)C1=O. The lowest BCUT2D eigenvalue weighted by Crippen LogP contribution is -2.40. The number of nitrogens with two attached hydrogens (primary N) is 1. The van der Waals surface area contributed by atoms with E-state index < -0.39 is 0 Å². The highest BCUT2D eigenvalue weighted by molar-refractivity contribution is 5.83. The minimum atomic E-state index is 0.150. The van der Waals surface area contributed by atoms with E-state index in [2.05, 4.69) is 4.90 Å². The molecule has 0 aromatic heterocycles. The van der Waals surface area contributed by atoms with Gasteiger partial charge in [0.15, 0.2) is 0 Å². The van der Waals surface area contributed by atoms with Crippen molar-refractivity contribution in [2.24, 2.45) is 11.7 Å². The van der Waals surface area contributed by atoms with Crippen LogP contribution in [0.3, 0.4) is 0 Å². The first kappa shape index (κ1) is 9.93. The van der Waals surface area contributed by atoms with Gasteiger partial charge in [0.2, 0.25) is 5.91 Å². The van der Waals surface area contributed by atoms with E-state index in [9.17, 15) is 4.79 Å². The highest BCUT2D eigenvalue weighted by atomic mass is 16.2. The molecule has 2 aliphatic rings. The number of likely N-dealkylation sites (tertiary alicyclic amines) is 2. The zero-order valence-corrected chi connectivity index (χ0v) is 8.78. The molecule has 80 valence electrons. The number of carbonyl (C=O) groups excluding carboxylic acids is 1. The van der Waals surface area contributed by atoms with Gasteiger partial charge in [-0.2, -0.15) is 0 Å². The molecule has 0 radical (unpaired) electrons. The van der Waals surface area contributed by atoms with E-state index in [1.807, 2.05) is 11.9 Å². The maximum Gasteiger partial charge on any atom is 0.239 e. The molecule has 2 saturated heterocycles. The molecule has 1 amide bonds. The van der Waals surface area contributed by atoms with Crippen LogP contribution in [0.15, 0.2) is 0 Å². The Bertz CT molecular complexity index is 231. The predicted molar refractivity (Wildman–Crippen MR) is 54.8 cm³/mol. The third-order valence-electron chi connectivity index (χ3n) is 3.49. The molecule has 2 N–H and O–H groups in total. The molecule has 2 atom stereocenters. The topological polar surface area (TPSA) is 49.6 Å². The van der Waals surface area contributed by atoms with Gasteiger partial charge in [-0.3, -0.25) is 9.69 Å². The molecule has 2 aliphatic heterocycles. The molecular formula is C10H19N3O. The Balaban J connectivity index is 1.94. The maximum atomic E-state index is 11.7. The van der Waals surface area contributed by atoms with Gasteiger partial charge in [0.25, 0.3) is 0 Å². The number of hydrogen-bond acceptors (Lipinski definition) is 3. The number of nitrogens with zero attached hydrogens (tertiary/aromatic N) is 2. The first-order chi connectivity index (χ1) is 6.72. The minimum Gasteiger partial charge on any atom is -0.344 e. The summed E-state index contributed by atoms with van der Waals surface area (Å²) in [5.41, 5.74) is 5.63. The molecule has 0 aromatic rings. The van der Waals surface area contributed by atoms with E-state index in [0.29, 0.717) is 11.8 Å². The van der Waals surface area contributed by atoms with Gasteiger partial charge in [-0.25, -0.2) is 0 Å². The molecule has 0 saturated carbocycles. The third kappa shape index (κ3) is 1.64. The highest BCUT2D eigenvalue weighted by Crippen LogP contribution is 2.23. The lowest BCUT2D eigenvalue weighted by atomic mass is 10.1. The average Bonchev–Trinajstić information content (AvgIpc) is 2.75. The van der Waals surface area contributed by atoms with Crippen molar-refractivity contribution >= 4 is 5.91 Å². The van der Waals surface area contributed by atoms with Crippen molar-refractivity contribution in [3.05, 3.63) is 0 Å². The standard InChI is InChI=1S/C10H19N3O/c1-12-4-3-9(10(12)14)13-5-2-8(6-11)7-13/h8-9H,2-7,11H2,1H3. The highest BCUT2D eigenvalue weighted by Gasteiger charge is 2.36. The van der Waals surface area contributed by atoms with E-state index >= 15 is 0 Å². The van der Waals surface area contributed by atoms with Crippen LogP contribution in [0.25, 0.3) is 0 Å². The van der Waals surface area contributed by atoms with Gasteiger partial charge >= 0.3 is 0 Å². The molecule has 2 heterocycles. The molecule has 4 nitrogen and oxygen atoms in total. The smallest absolute Gasteiger partial charge is 0.239 e. The van der Waals surface area contributed by atoms with Gasteiger partial charge < -0.3 is 10.6 Å². The summed E-state index contributed by atoms with van der Waals surface area (Å²) in [7, 11) is 1.89. The molecule has 2 fully saturated rings. The fourth-order valence-electron chi connectivity index (χ4n) is 2.48. The summed E-state index contributed by atoms with van der Waals surface area (Å²) in [6, 6.07) is 0.150. The van der Waals surface area contributed by atoms with Crippen LogP contribution in [0.5, 0.6) is 0 Å². The molecule has 4 heteroatoms. The van der Waals surface area contributed by atoms with Crippen molar-refractivity contribution in [2.45, 2.75) is 18.9 Å². The summed E-state index contributed by atoms with van der Waals surface area (Å²) in [5, 5.41) is 0. The summed E-state index contributed by atoms with van der Waals surface area (Å²) in [6.45, 7) is 3.73. The second-order valence-electron chi connectivity index (χ2n) is 4.45. The van der Waals surface area contributed by atoms with E-state index in [4.69, 9.17) is 5.73 Å². The first-order valence-electron chi connectivity index (χ1n) is 5.41. The van der Waals surface area contributed by atoms with E-state index in [1.165, 1.54) is 0 Å². The van der Waals surface area contributed by atoms with Gasteiger partial charge in [0.1, 0.15) is 0 Å². The van der Waals surface area contributed by atoms with Crippen LogP contribution >= 0.6 is 0 Å². The summed E-state index contributed by atoms with van der Waals surface area (Å²) in [5.74, 6) is 0.899. The van der Waals surface area contributed by atoms with Crippen LogP contribution in [0.4, 0.5) is 0 Å². The molecule has 0 bridgehead atoms. The second-order valence-corrected chi connectivity index (χ2v) is 4.45. The van der Waals surface area contributed by atoms with Crippen LogP contribution in [-0.4, -0.2) is 55.0 Å². The average molecular weight is 197 g/mol. The van der Waals surface area contributed by atoms with Gasteiger partial charge in [-0.15, -0.1) is 0 Å². The zero-order valence-electron chi connectivity index (χ0n) is 8.78. The second kappa shape index (κ2) is 3.87. The molecule has 0 aliphatic carbocycles. The Hall–Kier alpha value is -0.610. The van der Waals surface area contributed by atoms with Crippen molar-refractivity contribution < 1.29 is 4.79 Å². The van der Waals surface area contributed by atoms with Crippen LogP contribution in [0.2, 0.25) is 0 Å². The molecule has 0 spiro atoms. The Morgan fingerprint density at radius 1 is 1.43 bits per heavy atom. The van der Waals surface area contributed by atoms with Crippen molar-refractivity contribution in [1.29, 1.82) is 0 Å². The third-order valence-corrected chi connectivity index (χ3v) is 3.49. The van der Waals surface area contributed by atoms with Gasteiger partial charge in [-0.1, -0.05) is 0 Å². The Kier molecular flexibility index (Phi) is 2.74. The maximum absolute atomic E-state index is 11.7. The van der Waals surface area contributed by atoms with Crippen molar-refractivity contribution in [1.82, 2.24) is 9.80 Å². The Morgan fingerprint density at radius 2 is 2.21 bits per heavy atom. The largest absolute Gasteiger partial charge is 0.344 e. The van der Waals surface area contributed by atoms with E-state index in [1.54, 1.807) is 0 Å². The van der Waals surface area contributed by atoms with Crippen molar-refractivity contribution in [2.75, 3.05) is 33.2 Å². The number of rotatable bonds is 2. The van der Waals surface area contributed by atoms with Gasteiger partial charge in [-0.05, 0) is 31.8 Å². The van der Waals surface area contributed by atoms with E-state index in [0.717, 1.165) is 39.0 Å². The summed E-state index contributed by atoms with van der Waals surface area (Å²) >= 11 is 0. The molecule has 2 rings (SSSR count). The normalized spacial score (nSPS) is 34.4. The van der Waals surface area contributed by atoms with Crippen LogP contribution < -0.4 is 5.73 Å². The minimum absolute atomic E-state index is 0.150. The first-order valence-corrected chi connectivity index (χ1v) is 5.41. The Labute approximate surface area is 85.0 Å². The van der Waals surface area contributed by atoms with Crippen LogP contribution in [0.1, 0.15) is 12.8 Å². The van der Waals surface area contributed by atoms with Gasteiger partial charge in [0.05, 0.1) is 6.04 Å². The lowest BCUT2D eigenvalue weighted by molar-refractivity contribution is -0.130. The molecule has 14 heavy (non-hydrogen) atoms. The molecule has 0 aromatic carbocycles. The van der Waals surface area contributed by atoms with Crippen molar-refractivity contribution in [3.63, 3.8) is 0 Å². The van der Waals surface area contributed by atoms with Crippen molar-refractivity contribution in [3.8, 4) is 0 Å². The summed E-state index contributed by atoms with van der Waals surface area (Å²) in [4.78, 5) is 15.9. The fraction of sp³-hybridized carbons (Fsp3) is 0.900. The number of amides is 1. The predicted octanol–water partition coefficient (Wildman–Crippen LogP) is -0.502. The molecule has 2 unspecified atom stereocenters. The quantitative estimate of drug-likeness (QED) is 0.649. The monoisotopic (exact) mass is 197 g/mol. The Morgan fingerprint density at radius 3 is 2.71 bits per heavy atom. The number of hydrogen-bond donors (Lipinski definition) is 1. The van der Waals surface area contributed by atoms with Crippen LogP contribution in [-0.2, 0) is 4.79 Å². The van der Waals surface area contributed by atoms with Gasteiger partial charge in [0, 0.05) is 20.1 Å². The van der Waals surface area contributed by atoms with Crippen LogP contribution in [0, 0.1) is 5.92 Å². The fourth-order valence-corrected chi connectivity index (χ4v) is 2.48.